The summed E-state index contributed by atoms with van der Waals surface area (Å²) in [6.45, 7) is 0. The van der Waals surface area contributed by atoms with E-state index in [-0.39, 0.29) is 5.56 Å². The molecule has 0 saturated carbocycles. The minimum Gasteiger partial charge on any atom is -0.478 e. The van der Waals surface area contributed by atoms with Gasteiger partial charge in [-0.05, 0) is 18.2 Å². The van der Waals surface area contributed by atoms with Gasteiger partial charge in [0.05, 0.1) is 16.9 Å². The van der Waals surface area contributed by atoms with Crippen LogP contribution in [-0.4, -0.2) is 18.1 Å². The Morgan fingerprint density at radius 3 is 3.00 bits per heavy atom. The molecule has 1 aromatic carbocycles. The van der Waals surface area contributed by atoms with E-state index in [9.17, 15) is 4.79 Å². The van der Waals surface area contributed by atoms with Crippen molar-refractivity contribution in [2.45, 2.75) is 0 Å². The minimum absolute atomic E-state index is 0.281. The second-order valence-electron chi connectivity index (χ2n) is 2.83. The Labute approximate surface area is 74.9 Å². The van der Waals surface area contributed by atoms with Gasteiger partial charge in [-0.25, -0.2) is 4.79 Å². The van der Waals surface area contributed by atoms with Crippen molar-refractivity contribution in [3.8, 4) is 0 Å². The van der Waals surface area contributed by atoms with Gasteiger partial charge in [0.15, 0.2) is 0 Å². The first-order valence-electron chi connectivity index (χ1n) is 3.81. The molecule has 1 aliphatic heterocycles. The number of nitrogens with zero attached hydrogens (tertiary/aromatic N) is 1. The van der Waals surface area contributed by atoms with Crippen molar-refractivity contribution in [2.24, 2.45) is 0 Å². The summed E-state index contributed by atoms with van der Waals surface area (Å²) in [5.74, 6) is -0.917. The number of carbonyl (C=O) groups is 1. The zero-order valence-corrected chi connectivity index (χ0v) is 7.03. The van der Waals surface area contributed by atoms with Gasteiger partial charge in [-0.2, -0.15) is 0 Å². The highest BCUT2D eigenvalue weighted by Crippen LogP contribution is 2.28. The first-order chi connectivity index (χ1) is 6.18. The fourth-order valence-corrected chi connectivity index (χ4v) is 1.27. The van der Waals surface area contributed by atoms with Crippen LogP contribution in [0.4, 0.5) is 11.4 Å². The normalized spacial score (nSPS) is 13.8. The molecule has 1 aliphatic rings. The highest BCUT2D eigenvalue weighted by molar-refractivity contribution is 5.91. The summed E-state index contributed by atoms with van der Waals surface area (Å²) < 4.78 is 0. The molecule has 0 spiro atoms. The molecule has 1 aromatic rings. The lowest BCUT2D eigenvalue weighted by Gasteiger charge is -2.08. The summed E-state index contributed by atoms with van der Waals surface area (Å²) in [6.07, 6.45) is 0. The Kier molecular flexibility index (Phi) is 1.60. The fourth-order valence-electron chi connectivity index (χ4n) is 1.27. The lowest BCUT2D eigenvalue weighted by atomic mass is 10.2. The van der Waals surface area contributed by atoms with E-state index in [0.29, 0.717) is 0 Å². The predicted molar refractivity (Wildman–Crippen MR) is 48.6 cm³/mol. The van der Waals surface area contributed by atoms with Crippen LogP contribution in [0.3, 0.4) is 0 Å². The van der Waals surface area contributed by atoms with Gasteiger partial charge < -0.3 is 10.5 Å². The van der Waals surface area contributed by atoms with Crippen LogP contribution in [0.1, 0.15) is 10.4 Å². The molecule has 2 rings (SSSR count). The Hall–Kier alpha value is -1.75. The maximum Gasteiger partial charge on any atom is 0.335 e. The van der Waals surface area contributed by atoms with Crippen molar-refractivity contribution in [1.29, 1.82) is 0 Å². The molecule has 3 N–H and O–H groups in total. The second kappa shape index (κ2) is 2.63. The number of hydrazine groups is 2. The highest BCUT2D eigenvalue weighted by atomic mass is 16.4. The van der Waals surface area contributed by atoms with Crippen LogP contribution in [0.25, 0.3) is 0 Å². The molecular formula is C8H9N3O2. The number of anilines is 2. The quantitative estimate of drug-likeness (QED) is 0.591. The summed E-state index contributed by atoms with van der Waals surface area (Å²) in [6, 6.07) is 4.92. The van der Waals surface area contributed by atoms with E-state index in [0.717, 1.165) is 11.4 Å². The number of carboxylic acids is 1. The number of nitrogens with one attached hydrogen (secondary N) is 2. The van der Waals surface area contributed by atoms with E-state index in [1.165, 1.54) is 0 Å². The van der Waals surface area contributed by atoms with Crippen LogP contribution in [0, 0.1) is 0 Å². The summed E-state index contributed by atoms with van der Waals surface area (Å²) in [7, 11) is 1.85. The smallest absolute Gasteiger partial charge is 0.335 e. The van der Waals surface area contributed by atoms with Crippen molar-refractivity contribution in [3.05, 3.63) is 23.8 Å². The molecule has 68 valence electrons. The molecule has 1 heterocycles. The van der Waals surface area contributed by atoms with Gasteiger partial charge in [0.2, 0.25) is 0 Å². The van der Waals surface area contributed by atoms with Crippen LogP contribution >= 0.6 is 0 Å². The number of hydrogen-bond donors (Lipinski definition) is 3. The van der Waals surface area contributed by atoms with E-state index < -0.39 is 5.97 Å². The number of benzene rings is 1. The molecule has 0 radical (unpaired) electrons. The molecule has 0 amide bonds. The molecule has 0 aliphatic carbocycles. The lowest BCUT2D eigenvalue weighted by molar-refractivity contribution is 0.0697. The van der Waals surface area contributed by atoms with Crippen molar-refractivity contribution >= 4 is 17.3 Å². The molecule has 5 nitrogen and oxygen atoms in total. The number of carboxylic acid groups (broad SMARTS) is 1. The Bertz CT molecular complexity index is 364. The van der Waals surface area contributed by atoms with E-state index >= 15 is 0 Å². The molecule has 0 aromatic heterocycles. The third-order valence-corrected chi connectivity index (χ3v) is 1.96. The third kappa shape index (κ3) is 1.19. The third-order valence-electron chi connectivity index (χ3n) is 1.96. The fraction of sp³-hybridized carbons (Fsp3) is 0.125. The largest absolute Gasteiger partial charge is 0.478 e. The molecular weight excluding hydrogens is 170 g/mol. The van der Waals surface area contributed by atoms with Crippen LogP contribution < -0.4 is 16.0 Å². The van der Waals surface area contributed by atoms with E-state index in [2.05, 4.69) is 11.0 Å². The number of hydrogen-bond acceptors (Lipinski definition) is 4. The Morgan fingerprint density at radius 1 is 1.54 bits per heavy atom. The van der Waals surface area contributed by atoms with Crippen LogP contribution in [-0.2, 0) is 0 Å². The van der Waals surface area contributed by atoms with Crippen molar-refractivity contribution < 1.29 is 9.90 Å². The summed E-state index contributed by atoms with van der Waals surface area (Å²) in [4.78, 5) is 10.6. The molecule has 0 atom stereocenters. The summed E-state index contributed by atoms with van der Waals surface area (Å²) in [5, 5.41) is 10.5. The summed E-state index contributed by atoms with van der Waals surface area (Å²) >= 11 is 0. The van der Waals surface area contributed by atoms with Gasteiger partial charge in [-0.1, -0.05) is 0 Å². The zero-order chi connectivity index (χ0) is 9.42. The predicted octanol–water partition coefficient (Wildman–Crippen LogP) is 0.666. The van der Waals surface area contributed by atoms with Crippen molar-refractivity contribution in [3.63, 3.8) is 0 Å². The number of fused-ring (bicyclic) bond motifs is 1. The average Bonchev–Trinajstić information content (AvgIpc) is 2.47. The molecule has 0 fully saturated rings. The SMILES string of the molecule is CN1NNc2cc(C(=O)O)ccc21. The highest BCUT2D eigenvalue weighted by Gasteiger charge is 2.16. The molecule has 0 unspecified atom stereocenters. The second-order valence-corrected chi connectivity index (χ2v) is 2.83. The van der Waals surface area contributed by atoms with Gasteiger partial charge in [0.25, 0.3) is 0 Å². The van der Waals surface area contributed by atoms with Crippen LogP contribution in [0.2, 0.25) is 0 Å². The number of rotatable bonds is 1. The summed E-state index contributed by atoms with van der Waals surface area (Å²) in [5.41, 5.74) is 7.70. The zero-order valence-electron chi connectivity index (χ0n) is 7.03. The standard InChI is InChI=1S/C8H9N3O2/c1-11-7-3-2-5(8(12)13)4-6(7)9-10-11/h2-4,9-10H,1H3,(H,12,13). The molecule has 0 saturated heterocycles. The molecule has 13 heavy (non-hydrogen) atoms. The first kappa shape index (κ1) is 7.88. The van der Waals surface area contributed by atoms with Gasteiger partial charge in [-0.15, -0.1) is 5.53 Å². The van der Waals surface area contributed by atoms with Crippen molar-refractivity contribution in [1.82, 2.24) is 5.53 Å². The van der Waals surface area contributed by atoms with Gasteiger partial charge in [0, 0.05) is 7.05 Å². The van der Waals surface area contributed by atoms with Crippen LogP contribution in [0.15, 0.2) is 18.2 Å². The Balaban J connectivity index is 2.45. The van der Waals surface area contributed by atoms with E-state index in [1.807, 2.05) is 7.05 Å². The molecule has 5 heteroatoms. The minimum atomic E-state index is -0.917. The average molecular weight is 179 g/mol. The molecule has 0 bridgehead atoms. The van der Waals surface area contributed by atoms with Crippen LogP contribution in [0.5, 0.6) is 0 Å². The van der Waals surface area contributed by atoms with Gasteiger partial charge >= 0.3 is 5.97 Å². The number of aromatic carboxylic acids is 1. The lowest BCUT2D eigenvalue weighted by Crippen LogP contribution is -2.31. The van der Waals surface area contributed by atoms with Gasteiger partial charge in [0.1, 0.15) is 0 Å². The van der Waals surface area contributed by atoms with E-state index in [1.54, 1.807) is 23.2 Å². The first-order valence-corrected chi connectivity index (χ1v) is 3.81. The topological polar surface area (TPSA) is 64.6 Å². The Morgan fingerprint density at radius 2 is 2.31 bits per heavy atom. The maximum absolute atomic E-state index is 10.6. The van der Waals surface area contributed by atoms with Crippen molar-refractivity contribution in [2.75, 3.05) is 17.5 Å². The van der Waals surface area contributed by atoms with E-state index in [4.69, 9.17) is 5.11 Å². The maximum atomic E-state index is 10.6. The van der Waals surface area contributed by atoms with Gasteiger partial charge in [-0.3, -0.25) is 5.01 Å². The monoisotopic (exact) mass is 179 g/mol.